The van der Waals surface area contributed by atoms with E-state index in [2.05, 4.69) is 9.42 Å². The summed E-state index contributed by atoms with van der Waals surface area (Å²) in [6.45, 7) is 0.398. The molecule has 0 amide bonds. The molecule has 4 atom stereocenters. The molecule has 2 saturated heterocycles. The molecule has 0 N–H and O–H groups in total. The predicted octanol–water partition coefficient (Wildman–Crippen LogP) is 0.144. The van der Waals surface area contributed by atoms with Crippen molar-refractivity contribution in [2.75, 3.05) is 13.2 Å². The molecule has 15 heavy (non-hydrogen) atoms. The summed E-state index contributed by atoms with van der Waals surface area (Å²) in [6, 6.07) is 0. The summed E-state index contributed by atoms with van der Waals surface area (Å²) in [4.78, 5) is 24.6. The van der Waals surface area contributed by atoms with E-state index in [1.807, 2.05) is 0 Å². The average molecular weight is 236 g/mol. The van der Waals surface area contributed by atoms with Gasteiger partial charge in [0.15, 0.2) is 6.10 Å². The first-order chi connectivity index (χ1) is 7.22. The molecule has 0 bridgehead atoms. The SMILES string of the molecule is O=NSC1COC2C(O[N+](=O)[O-])COC12. The van der Waals surface area contributed by atoms with Crippen LogP contribution in [-0.2, 0) is 14.3 Å². The minimum absolute atomic E-state index is 0.103. The second-order valence-corrected chi connectivity index (χ2v) is 4.15. The van der Waals surface area contributed by atoms with Gasteiger partial charge in [-0.05, 0) is 0 Å². The first kappa shape index (κ1) is 10.6. The Morgan fingerprint density at radius 2 is 2.13 bits per heavy atom. The molecule has 4 unspecified atom stereocenters. The zero-order valence-electron chi connectivity index (χ0n) is 7.48. The lowest BCUT2D eigenvalue weighted by molar-refractivity contribution is -0.769. The van der Waals surface area contributed by atoms with Gasteiger partial charge in [0.2, 0.25) is 0 Å². The van der Waals surface area contributed by atoms with Crippen molar-refractivity contribution in [2.45, 2.75) is 23.6 Å². The Bertz CT molecular complexity index is 276. The first-order valence-electron chi connectivity index (χ1n) is 4.25. The van der Waals surface area contributed by atoms with Gasteiger partial charge in [-0.25, -0.2) is 0 Å². The van der Waals surface area contributed by atoms with Crippen LogP contribution in [0, 0.1) is 15.0 Å². The van der Waals surface area contributed by atoms with Crippen molar-refractivity contribution in [2.24, 2.45) is 4.58 Å². The van der Waals surface area contributed by atoms with Gasteiger partial charge < -0.3 is 14.3 Å². The Morgan fingerprint density at radius 1 is 1.40 bits per heavy atom. The van der Waals surface area contributed by atoms with E-state index < -0.39 is 17.3 Å². The van der Waals surface area contributed by atoms with Crippen molar-refractivity contribution < 1.29 is 19.4 Å². The summed E-state index contributed by atoms with van der Waals surface area (Å²) in [6.07, 6.45) is -1.53. The Kier molecular flexibility index (Phi) is 3.03. The largest absolute Gasteiger partial charge is 0.372 e. The summed E-state index contributed by atoms with van der Waals surface area (Å²) in [7, 11) is 0. The number of nitroso groups, excluding NO2 is 1. The zero-order chi connectivity index (χ0) is 10.8. The second kappa shape index (κ2) is 4.29. The van der Waals surface area contributed by atoms with Crippen LogP contribution in [0.1, 0.15) is 0 Å². The Balaban J connectivity index is 1.95. The van der Waals surface area contributed by atoms with Gasteiger partial charge in [0, 0.05) is 16.5 Å². The van der Waals surface area contributed by atoms with Gasteiger partial charge in [0.25, 0.3) is 5.09 Å². The molecule has 0 spiro atoms. The molecule has 0 aliphatic carbocycles. The minimum Gasteiger partial charge on any atom is -0.372 e. The molecule has 0 aromatic rings. The van der Waals surface area contributed by atoms with Crippen LogP contribution in [0.5, 0.6) is 0 Å². The monoisotopic (exact) mass is 236 g/mol. The number of fused-ring (bicyclic) bond motifs is 1. The molecule has 0 aromatic heterocycles. The lowest BCUT2D eigenvalue weighted by Gasteiger charge is -2.13. The van der Waals surface area contributed by atoms with Crippen LogP contribution in [0.25, 0.3) is 0 Å². The smallest absolute Gasteiger partial charge is 0.294 e. The summed E-state index contributed by atoms with van der Waals surface area (Å²) < 4.78 is 13.3. The van der Waals surface area contributed by atoms with E-state index in [0.29, 0.717) is 6.61 Å². The van der Waals surface area contributed by atoms with Crippen molar-refractivity contribution in [3.63, 3.8) is 0 Å². The molecule has 2 aliphatic rings. The number of hydrogen-bond donors (Lipinski definition) is 0. The van der Waals surface area contributed by atoms with Gasteiger partial charge in [-0.2, -0.15) is 0 Å². The fourth-order valence-electron chi connectivity index (χ4n) is 1.78. The van der Waals surface area contributed by atoms with E-state index in [9.17, 15) is 15.0 Å². The molecule has 2 aliphatic heterocycles. The van der Waals surface area contributed by atoms with E-state index in [0.717, 1.165) is 11.9 Å². The van der Waals surface area contributed by atoms with Crippen molar-refractivity contribution in [3.8, 4) is 0 Å². The van der Waals surface area contributed by atoms with Crippen LogP contribution in [0.2, 0.25) is 0 Å². The first-order valence-corrected chi connectivity index (χ1v) is 5.09. The fraction of sp³-hybridized carbons (Fsp3) is 1.00. The third-order valence-corrected chi connectivity index (χ3v) is 3.12. The molecule has 2 fully saturated rings. The second-order valence-electron chi connectivity index (χ2n) is 3.18. The van der Waals surface area contributed by atoms with Crippen molar-refractivity contribution >= 4 is 11.9 Å². The molecule has 8 nitrogen and oxygen atoms in total. The van der Waals surface area contributed by atoms with Gasteiger partial charge in [-0.1, -0.05) is 0 Å². The molecule has 9 heteroatoms. The minimum atomic E-state index is -0.863. The molecular formula is C6H8N2O6S. The van der Waals surface area contributed by atoms with Gasteiger partial charge in [0.05, 0.1) is 18.5 Å². The van der Waals surface area contributed by atoms with Gasteiger partial charge >= 0.3 is 0 Å². The third kappa shape index (κ3) is 2.03. The maximum atomic E-state index is 10.1. The summed E-state index contributed by atoms with van der Waals surface area (Å²) >= 11 is 0.830. The van der Waals surface area contributed by atoms with E-state index in [1.165, 1.54) is 0 Å². The van der Waals surface area contributed by atoms with Crippen LogP contribution in [0.4, 0.5) is 0 Å². The summed E-state index contributed by atoms with van der Waals surface area (Å²) in [5.41, 5.74) is 0. The standard InChI is InChI=1S/C6H8N2O6S/c9-7-15-4-2-13-5-3(14-8(10)11)1-12-6(4)5/h3-6H,1-2H2. The topological polar surface area (TPSA) is 100 Å². The number of hydrogen-bond acceptors (Lipinski definition) is 8. The average Bonchev–Trinajstić information content (AvgIpc) is 2.71. The van der Waals surface area contributed by atoms with Crippen LogP contribution in [-0.4, -0.2) is 41.9 Å². The quantitative estimate of drug-likeness (QED) is 0.296. The number of rotatable bonds is 4. The lowest BCUT2D eigenvalue weighted by atomic mass is 10.1. The summed E-state index contributed by atoms with van der Waals surface area (Å²) in [5.74, 6) is 0. The number of nitrogens with zero attached hydrogens (tertiary/aromatic N) is 2. The van der Waals surface area contributed by atoms with Crippen LogP contribution < -0.4 is 0 Å². The Morgan fingerprint density at radius 3 is 2.80 bits per heavy atom. The summed E-state index contributed by atoms with van der Waals surface area (Å²) in [5, 5.41) is 9.09. The van der Waals surface area contributed by atoms with E-state index in [-0.39, 0.29) is 18.0 Å². The fourth-order valence-corrected chi connectivity index (χ4v) is 2.38. The van der Waals surface area contributed by atoms with E-state index in [1.54, 1.807) is 0 Å². The maximum Gasteiger partial charge on any atom is 0.294 e. The molecule has 0 saturated carbocycles. The van der Waals surface area contributed by atoms with Crippen LogP contribution in [0.3, 0.4) is 0 Å². The van der Waals surface area contributed by atoms with Gasteiger partial charge in [0.1, 0.15) is 12.2 Å². The number of ether oxygens (including phenoxy) is 2. The Hall–Kier alpha value is -0.930. The van der Waals surface area contributed by atoms with E-state index in [4.69, 9.17) is 9.47 Å². The van der Waals surface area contributed by atoms with Gasteiger partial charge in [-0.15, -0.1) is 15.0 Å². The normalized spacial score (nSPS) is 38.7. The highest BCUT2D eigenvalue weighted by molar-refractivity contribution is 7.98. The maximum absolute atomic E-state index is 10.1. The highest BCUT2D eigenvalue weighted by Crippen LogP contribution is 2.35. The molecule has 2 heterocycles. The van der Waals surface area contributed by atoms with E-state index >= 15 is 0 Å². The zero-order valence-corrected chi connectivity index (χ0v) is 8.29. The highest BCUT2D eigenvalue weighted by atomic mass is 32.2. The van der Waals surface area contributed by atoms with Crippen LogP contribution in [0.15, 0.2) is 4.58 Å². The highest BCUT2D eigenvalue weighted by Gasteiger charge is 2.50. The molecule has 84 valence electrons. The molecular weight excluding hydrogens is 228 g/mol. The Labute approximate surface area is 88.5 Å². The van der Waals surface area contributed by atoms with Crippen molar-refractivity contribution in [1.29, 1.82) is 0 Å². The van der Waals surface area contributed by atoms with Crippen LogP contribution >= 0.6 is 11.9 Å². The predicted molar refractivity (Wildman–Crippen MR) is 48.5 cm³/mol. The van der Waals surface area contributed by atoms with Crippen molar-refractivity contribution in [3.05, 3.63) is 15.0 Å². The lowest BCUT2D eigenvalue weighted by Crippen LogP contribution is -2.33. The molecule has 0 radical (unpaired) electrons. The third-order valence-electron chi connectivity index (χ3n) is 2.36. The van der Waals surface area contributed by atoms with Crippen molar-refractivity contribution in [1.82, 2.24) is 0 Å². The molecule has 2 rings (SSSR count). The molecule has 0 aromatic carbocycles. The van der Waals surface area contributed by atoms with Gasteiger partial charge in [-0.3, -0.25) is 0 Å².